The van der Waals surface area contributed by atoms with Gasteiger partial charge in [-0.25, -0.2) is 4.79 Å². The Morgan fingerprint density at radius 1 is 0.778 bits per heavy atom. The Hall–Kier alpha value is -6.55. The number of carboxylic acids is 1. The van der Waals surface area contributed by atoms with Crippen LogP contribution in [0.15, 0.2) is 127 Å². The van der Waals surface area contributed by atoms with Crippen LogP contribution in [0, 0.1) is 30.6 Å². The van der Waals surface area contributed by atoms with E-state index in [1.54, 1.807) is 18.2 Å². The zero-order valence-electron chi connectivity index (χ0n) is 29.2. The van der Waals surface area contributed by atoms with E-state index in [0.29, 0.717) is 27.6 Å². The molecule has 4 aliphatic rings. The average Bonchev–Trinajstić information content (AvgIpc) is 3.57. The topological polar surface area (TPSA) is 144 Å². The van der Waals surface area contributed by atoms with Crippen LogP contribution >= 0.6 is 0 Å². The Morgan fingerprint density at radius 3 is 2.24 bits per heavy atom. The van der Waals surface area contributed by atoms with Crippen molar-refractivity contribution in [2.75, 3.05) is 10.3 Å². The third-order valence-corrected chi connectivity index (χ3v) is 12.0. The first-order chi connectivity index (χ1) is 26.1. The second-order valence-electron chi connectivity index (χ2n) is 14.7. The molecular weight excluding hydrogens is 682 g/mol. The van der Waals surface area contributed by atoms with Crippen molar-refractivity contribution in [3.05, 3.63) is 149 Å². The van der Waals surface area contributed by atoms with E-state index in [4.69, 9.17) is 0 Å². The largest absolute Gasteiger partial charge is 0.507 e. The number of aromatic hydroxyl groups is 1. The Bertz CT molecular complexity index is 2460. The molecule has 3 fully saturated rings. The quantitative estimate of drug-likeness (QED) is 0.129. The Morgan fingerprint density at radius 2 is 1.50 bits per heavy atom. The van der Waals surface area contributed by atoms with Gasteiger partial charge in [-0.2, -0.15) is 5.01 Å². The first-order valence-electron chi connectivity index (χ1n) is 18.0. The van der Waals surface area contributed by atoms with Gasteiger partial charge in [0, 0.05) is 11.3 Å². The number of carboxylic acid groups (broad SMARTS) is 1. The van der Waals surface area contributed by atoms with Crippen molar-refractivity contribution in [3.63, 3.8) is 0 Å². The van der Waals surface area contributed by atoms with Crippen molar-refractivity contribution in [3.8, 4) is 5.75 Å². The summed E-state index contributed by atoms with van der Waals surface area (Å²) in [5.41, 5.74) is 5.50. The molecule has 6 atom stereocenters. The molecule has 54 heavy (non-hydrogen) atoms. The highest BCUT2D eigenvalue weighted by Crippen LogP contribution is 2.65. The van der Waals surface area contributed by atoms with Crippen LogP contribution in [0.2, 0.25) is 0 Å². The summed E-state index contributed by atoms with van der Waals surface area (Å²) in [6.45, 7) is 1.95. The number of phenols is 1. The zero-order chi connectivity index (χ0) is 37.5. The number of imide groups is 2. The number of phenolic OH excluding ortho intramolecular Hbond substituents is 1. The fourth-order valence-corrected chi connectivity index (χ4v) is 9.68. The van der Waals surface area contributed by atoms with Crippen molar-refractivity contribution in [2.24, 2.45) is 23.7 Å². The summed E-state index contributed by atoms with van der Waals surface area (Å²) in [7, 11) is 0. The van der Waals surface area contributed by atoms with Crippen LogP contribution in [0.25, 0.3) is 10.8 Å². The normalized spacial score (nSPS) is 26.0. The molecule has 5 aromatic rings. The van der Waals surface area contributed by atoms with Crippen LogP contribution in [0.1, 0.15) is 45.8 Å². The van der Waals surface area contributed by atoms with Crippen LogP contribution in [0.4, 0.5) is 11.4 Å². The van der Waals surface area contributed by atoms with Crippen LogP contribution in [0.3, 0.4) is 0 Å². The van der Waals surface area contributed by atoms with Crippen molar-refractivity contribution in [1.29, 1.82) is 0 Å². The number of nitrogens with one attached hydrogen (secondary N) is 1. The molecule has 5 aromatic carbocycles. The maximum Gasteiger partial charge on any atom is 0.335 e. The maximum absolute atomic E-state index is 15.5. The number of carbonyl (C=O) groups is 5. The van der Waals surface area contributed by atoms with E-state index in [0.717, 1.165) is 21.0 Å². The van der Waals surface area contributed by atoms with E-state index < -0.39 is 64.6 Å². The highest BCUT2D eigenvalue weighted by molar-refractivity contribution is 6.23. The summed E-state index contributed by atoms with van der Waals surface area (Å²) in [6, 6.07) is 33.3. The van der Waals surface area contributed by atoms with E-state index >= 15 is 4.79 Å². The molecule has 10 nitrogen and oxygen atoms in total. The number of aromatic carboxylic acids is 1. The molecule has 4 amide bonds. The summed E-state index contributed by atoms with van der Waals surface area (Å²) in [5.74, 6) is -6.81. The number of allylic oxidation sites excluding steroid dienone is 2. The molecule has 6 unspecified atom stereocenters. The molecule has 0 spiro atoms. The Kier molecular flexibility index (Phi) is 7.56. The molecule has 0 bridgehead atoms. The van der Waals surface area contributed by atoms with Crippen LogP contribution in [-0.4, -0.2) is 44.8 Å². The molecule has 0 radical (unpaired) electrons. The highest BCUT2D eigenvalue weighted by Gasteiger charge is 2.70. The van der Waals surface area contributed by atoms with E-state index in [9.17, 15) is 29.4 Å². The molecule has 3 N–H and O–H groups in total. The standard InChI is InChI=1S/C44H35N3O7/c1-24-14-16-27(17-15-24)45-47-40(50)35-23-34-32(18-19-33-37(34)41(51)46(39(33)49)28-11-7-8-25(22-28)42(52)53)38(44(35,43(47)54)26-9-3-2-4-10-26)31-20-21-36(48)30-13-6-5-12-29(30)31/h2-18,20-22,33-35,37-38,45,48H,19,23H2,1H3,(H,52,53). The fourth-order valence-electron chi connectivity index (χ4n) is 9.68. The minimum Gasteiger partial charge on any atom is -0.507 e. The van der Waals surface area contributed by atoms with E-state index in [1.165, 1.54) is 18.2 Å². The second-order valence-corrected chi connectivity index (χ2v) is 14.7. The van der Waals surface area contributed by atoms with Crippen LogP contribution in [-0.2, 0) is 24.6 Å². The monoisotopic (exact) mass is 717 g/mol. The molecule has 2 saturated heterocycles. The number of rotatable bonds is 6. The predicted octanol–water partition coefficient (Wildman–Crippen LogP) is 6.74. The van der Waals surface area contributed by atoms with Crippen LogP contribution < -0.4 is 10.3 Å². The number of hydrogen-bond donors (Lipinski definition) is 3. The number of hydrazine groups is 1. The number of aryl methyl sites for hydroxylation is 1. The second kappa shape index (κ2) is 12.3. The summed E-state index contributed by atoms with van der Waals surface area (Å²) in [5, 5.41) is 23.1. The number of hydrogen-bond acceptors (Lipinski definition) is 7. The van der Waals surface area contributed by atoms with Crippen molar-refractivity contribution in [1.82, 2.24) is 5.01 Å². The van der Waals surface area contributed by atoms with Gasteiger partial charge in [0.1, 0.15) is 5.75 Å². The van der Waals surface area contributed by atoms with Crippen molar-refractivity contribution >= 4 is 51.7 Å². The lowest BCUT2D eigenvalue weighted by molar-refractivity contribution is -0.138. The van der Waals surface area contributed by atoms with Gasteiger partial charge in [0.2, 0.25) is 11.8 Å². The van der Waals surface area contributed by atoms with Gasteiger partial charge in [-0.15, -0.1) is 0 Å². The minimum atomic E-state index is -1.47. The third-order valence-electron chi connectivity index (χ3n) is 12.0. The zero-order valence-corrected chi connectivity index (χ0v) is 29.2. The molecule has 2 heterocycles. The smallest absolute Gasteiger partial charge is 0.335 e. The van der Waals surface area contributed by atoms with E-state index in [-0.39, 0.29) is 29.8 Å². The molecular formula is C44H35N3O7. The molecule has 2 aliphatic heterocycles. The van der Waals surface area contributed by atoms with Crippen molar-refractivity contribution in [2.45, 2.75) is 31.1 Å². The number of nitrogens with zero attached hydrogens (tertiary/aromatic N) is 2. The average molecular weight is 718 g/mol. The SMILES string of the molecule is Cc1ccc(NN2C(=O)C3CC4C(=CCC5C(=O)N(c6cccc(C(=O)O)c6)C(=O)C54)C(c4ccc(O)c5ccccc45)C3(c3ccccc3)C2=O)cc1. The molecule has 1 saturated carbocycles. The van der Waals surface area contributed by atoms with Crippen LogP contribution in [0.5, 0.6) is 5.75 Å². The maximum atomic E-state index is 15.5. The summed E-state index contributed by atoms with van der Waals surface area (Å²) in [6.07, 6.45) is 2.31. The molecule has 0 aromatic heterocycles. The number of carbonyl (C=O) groups excluding carboxylic acids is 4. The lowest BCUT2D eigenvalue weighted by Crippen LogP contribution is -2.53. The number of amides is 4. The molecule has 9 rings (SSSR count). The van der Waals surface area contributed by atoms with E-state index in [2.05, 4.69) is 5.43 Å². The first kappa shape index (κ1) is 33.3. The van der Waals surface area contributed by atoms with Gasteiger partial charge in [0.15, 0.2) is 0 Å². The molecule has 268 valence electrons. The summed E-state index contributed by atoms with van der Waals surface area (Å²) in [4.78, 5) is 72.1. The van der Waals surface area contributed by atoms with Gasteiger partial charge in [-0.05, 0) is 78.6 Å². The predicted molar refractivity (Wildman–Crippen MR) is 200 cm³/mol. The van der Waals surface area contributed by atoms with Gasteiger partial charge in [-0.3, -0.25) is 29.5 Å². The molecule has 2 aliphatic carbocycles. The number of fused-ring (bicyclic) bond motifs is 5. The lowest BCUT2D eigenvalue weighted by atomic mass is 9.49. The lowest BCUT2D eigenvalue weighted by Gasteiger charge is -2.51. The summed E-state index contributed by atoms with van der Waals surface area (Å²) < 4.78 is 0. The number of anilines is 2. The minimum absolute atomic E-state index is 0.0531. The van der Waals surface area contributed by atoms with Gasteiger partial charge in [-0.1, -0.05) is 96.1 Å². The Balaban J connectivity index is 1.26. The third kappa shape index (κ3) is 4.68. The Labute approximate surface area is 310 Å². The highest BCUT2D eigenvalue weighted by atomic mass is 16.4. The first-order valence-corrected chi connectivity index (χ1v) is 18.0. The summed E-state index contributed by atoms with van der Waals surface area (Å²) >= 11 is 0. The number of benzene rings is 5. The van der Waals surface area contributed by atoms with Gasteiger partial charge >= 0.3 is 5.97 Å². The van der Waals surface area contributed by atoms with Gasteiger partial charge in [0.25, 0.3) is 11.8 Å². The fraction of sp³-hybridized carbons (Fsp3) is 0.205. The van der Waals surface area contributed by atoms with Gasteiger partial charge < -0.3 is 10.2 Å². The van der Waals surface area contributed by atoms with Crippen molar-refractivity contribution < 1.29 is 34.2 Å². The van der Waals surface area contributed by atoms with Gasteiger partial charge in [0.05, 0.1) is 40.1 Å². The van der Waals surface area contributed by atoms with E-state index in [1.807, 2.05) is 91.9 Å². The molecule has 10 heteroatoms.